The average Bonchev–Trinajstić information content (AvgIpc) is 3.27. The Balaban J connectivity index is 1.50. The van der Waals surface area contributed by atoms with Gasteiger partial charge in [-0.05, 0) is 54.8 Å². The summed E-state index contributed by atoms with van der Waals surface area (Å²) in [5, 5.41) is 12.5. The van der Waals surface area contributed by atoms with Gasteiger partial charge in [0, 0.05) is 30.7 Å². The largest absolute Gasteiger partial charge is 0.395 e. The van der Waals surface area contributed by atoms with E-state index in [9.17, 15) is 26.4 Å². The van der Waals surface area contributed by atoms with E-state index < -0.39 is 40.2 Å². The third-order valence-electron chi connectivity index (χ3n) is 6.88. The second-order valence-corrected chi connectivity index (χ2v) is 11.2. The first kappa shape index (κ1) is 27.0. The molecule has 0 unspecified atom stereocenters. The maximum Gasteiger partial charge on any atom is 0.269 e. The van der Waals surface area contributed by atoms with Crippen molar-refractivity contribution in [3.63, 3.8) is 0 Å². The fourth-order valence-corrected chi connectivity index (χ4v) is 5.82. The van der Waals surface area contributed by atoms with E-state index in [1.54, 1.807) is 4.90 Å². The molecule has 1 aromatic heterocycles. The Hall–Kier alpha value is -3.55. The third-order valence-corrected chi connectivity index (χ3v) is 8.15. The van der Waals surface area contributed by atoms with Gasteiger partial charge in [-0.25, -0.2) is 12.8 Å². The number of hydrogen-bond acceptors (Lipinski definition) is 6. The fraction of sp³-hybridized carbons (Fsp3) is 0.346. The number of benzene rings is 2. The summed E-state index contributed by atoms with van der Waals surface area (Å²) in [6, 6.07) is 8.76. The van der Waals surface area contributed by atoms with Crippen LogP contribution in [0.3, 0.4) is 0 Å². The maximum atomic E-state index is 14.6. The quantitative estimate of drug-likeness (QED) is 0.399. The molecule has 0 atom stereocenters. The van der Waals surface area contributed by atoms with E-state index in [0.29, 0.717) is 36.3 Å². The van der Waals surface area contributed by atoms with Crippen LogP contribution in [-0.4, -0.2) is 56.1 Å². The number of aromatic nitrogens is 1. The predicted molar refractivity (Wildman–Crippen MR) is 141 cm³/mol. The van der Waals surface area contributed by atoms with Crippen molar-refractivity contribution in [2.75, 3.05) is 47.0 Å². The highest BCUT2D eigenvalue weighted by Crippen LogP contribution is 2.34. The summed E-state index contributed by atoms with van der Waals surface area (Å²) >= 11 is 0. The average molecular weight is 565 g/mol. The van der Waals surface area contributed by atoms with E-state index in [1.165, 1.54) is 30.3 Å². The molecule has 9 nitrogen and oxygen atoms in total. The lowest BCUT2D eigenvalue weighted by Crippen LogP contribution is -2.32. The molecule has 3 heterocycles. The first-order valence-corrected chi connectivity index (χ1v) is 14.0. The molecular formula is C26H27F3N4O5S. The lowest BCUT2D eigenvalue weighted by Gasteiger charge is -2.31. The number of aliphatic hydroxyl groups excluding tert-OH is 1. The van der Waals surface area contributed by atoms with Crippen molar-refractivity contribution >= 4 is 43.9 Å². The lowest BCUT2D eigenvalue weighted by molar-refractivity contribution is 0.0865. The van der Waals surface area contributed by atoms with E-state index in [4.69, 9.17) is 9.84 Å². The summed E-state index contributed by atoms with van der Waals surface area (Å²) in [7, 11) is -3.84. The van der Waals surface area contributed by atoms with Crippen molar-refractivity contribution < 1.29 is 36.2 Å². The summed E-state index contributed by atoms with van der Waals surface area (Å²) in [4.78, 5) is 15.3. The molecule has 0 spiro atoms. The van der Waals surface area contributed by atoms with Crippen LogP contribution in [-0.2, 0) is 27.9 Å². The zero-order chi connectivity index (χ0) is 27.7. The van der Waals surface area contributed by atoms with Crippen molar-refractivity contribution in [1.82, 2.24) is 4.57 Å². The Morgan fingerprint density at radius 1 is 1.08 bits per heavy atom. The van der Waals surface area contributed by atoms with Crippen LogP contribution >= 0.6 is 0 Å². The van der Waals surface area contributed by atoms with E-state index in [-0.39, 0.29) is 48.4 Å². The molecule has 13 heteroatoms. The molecule has 5 rings (SSSR count). The summed E-state index contributed by atoms with van der Waals surface area (Å²) in [5.41, 5.74) is 2.45. The van der Waals surface area contributed by atoms with Crippen LogP contribution in [0, 0.1) is 5.82 Å². The second kappa shape index (κ2) is 10.9. The van der Waals surface area contributed by atoms with Gasteiger partial charge in [0.05, 0.1) is 53.7 Å². The van der Waals surface area contributed by atoms with Gasteiger partial charge in [-0.3, -0.25) is 9.52 Å². The predicted octanol–water partition coefficient (Wildman–Crippen LogP) is 4.05. The number of fused-ring (bicyclic) bond motifs is 3. The number of amides is 1. The highest BCUT2D eigenvalue weighted by atomic mass is 32.2. The van der Waals surface area contributed by atoms with E-state index >= 15 is 0 Å². The number of hydrogen-bond donors (Lipinski definition) is 3. The Morgan fingerprint density at radius 3 is 2.56 bits per heavy atom. The van der Waals surface area contributed by atoms with Crippen LogP contribution in [0.5, 0.6) is 0 Å². The van der Waals surface area contributed by atoms with Crippen LogP contribution in [0.1, 0.15) is 28.9 Å². The van der Waals surface area contributed by atoms with E-state index in [1.807, 2.05) is 10.6 Å². The van der Waals surface area contributed by atoms with Gasteiger partial charge >= 0.3 is 0 Å². The SMILES string of the molecule is O=C(Nc1cc(F)cc2c1cc1n2CCOC1)c1ccc(NS(=O)(=O)CCO)cc1N1CCC(=C(F)F)CC1. The van der Waals surface area contributed by atoms with Gasteiger partial charge in [-0.15, -0.1) is 0 Å². The number of carbonyl (C=O) groups excluding carboxylic acids is 1. The zero-order valence-electron chi connectivity index (χ0n) is 20.8. The molecule has 1 saturated heterocycles. The van der Waals surface area contributed by atoms with Gasteiger partial charge in [0.1, 0.15) is 5.82 Å². The summed E-state index contributed by atoms with van der Waals surface area (Å²) in [5.74, 6) is -1.61. The molecule has 1 amide bonds. The molecule has 0 aliphatic carbocycles. The van der Waals surface area contributed by atoms with Crippen LogP contribution in [0.15, 0.2) is 48.1 Å². The number of carbonyl (C=O) groups is 1. The van der Waals surface area contributed by atoms with Gasteiger partial charge in [0.25, 0.3) is 12.0 Å². The van der Waals surface area contributed by atoms with E-state index in [2.05, 4.69) is 10.0 Å². The number of nitrogens with one attached hydrogen (secondary N) is 2. The normalized spacial score (nSPS) is 15.8. The second-order valence-electron chi connectivity index (χ2n) is 9.41. The Bertz CT molecular complexity index is 1560. The first-order chi connectivity index (χ1) is 18.6. The number of sulfonamides is 1. The molecule has 3 aromatic rings. The number of halogens is 3. The fourth-order valence-electron chi connectivity index (χ4n) is 4.99. The van der Waals surface area contributed by atoms with E-state index in [0.717, 1.165) is 5.69 Å². The molecule has 3 N–H and O–H groups in total. The van der Waals surface area contributed by atoms with Crippen molar-refractivity contribution in [3.05, 3.63) is 65.1 Å². The third kappa shape index (κ3) is 5.75. The van der Waals surface area contributed by atoms with Crippen molar-refractivity contribution in [3.8, 4) is 0 Å². The molecule has 2 aliphatic heterocycles. The van der Waals surface area contributed by atoms with Crippen molar-refractivity contribution in [2.24, 2.45) is 0 Å². The minimum Gasteiger partial charge on any atom is -0.395 e. The highest BCUT2D eigenvalue weighted by Gasteiger charge is 2.25. The van der Waals surface area contributed by atoms with Crippen molar-refractivity contribution in [2.45, 2.75) is 26.0 Å². The minimum atomic E-state index is -3.84. The molecule has 39 heavy (non-hydrogen) atoms. The molecule has 208 valence electrons. The van der Waals surface area contributed by atoms with Crippen LogP contribution in [0.25, 0.3) is 10.9 Å². The molecule has 0 bridgehead atoms. The van der Waals surface area contributed by atoms with Crippen LogP contribution in [0.2, 0.25) is 0 Å². The number of anilines is 3. The molecule has 0 radical (unpaired) electrons. The molecule has 2 aliphatic rings. The van der Waals surface area contributed by atoms with Gasteiger partial charge in [0.2, 0.25) is 10.0 Å². The van der Waals surface area contributed by atoms with Gasteiger partial charge in [0.15, 0.2) is 0 Å². The summed E-state index contributed by atoms with van der Waals surface area (Å²) in [6.07, 6.45) is -1.53. The summed E-state index contributed by atoms with van der Waals surface area (Å²) < 4.78 is 75.1. The van der Waals surface area contributed by atoms with Gasteiger partial charge < -0.3 is 24.6 Å². The maximum absolute atomic E-state index is 14.6. The smallest absolute Gasteiger partial charge is 0.269 e. The Kier molecular flexibility index (Phi) is 7.56. The molecule has 2 aromatic carbocycles. The van der Waals surface area contributed by atoms with Crippen LogP contribution < -0.4 is 14.9 Å². The number of rotatable bonds is 7. The first-order valence-electron chi connectivity index (χ1n) is 12.4. The topological polar surface area (TPSA) is 113 Å². The highest BCUT2D eigenvalue weighted by molar-refractivity contribution is 7.92. The molecule has 1 fully saturated rings. The van der Waals surface area contributed by atoms with Gasteiger partial charge in [-0.2, -0.15) is 8.78 Å². The lowest BCUT2D eigenvalue weighted by atomic mass is 10.0. The Labute approximate surface area is 222 Å². The number of nitrogens with zero attached hydrogens (tertiary/aromatic N) is 2. The molecule has 0 saturated carbocycles. The monoisotopic (exact) mass is 564 g/mol. The van der Waals surface area contributed by atoms with Crippen LogP contribution in [0.4, 0.5) is 30.2 Å². The van der Waals surface area contributed by atoms with Crippen molar-refractivity contribution in [1.29, 1.82) is 0 Å². The number of aliphatic hydroxyl groups is 1. The number of piperidine rings is 1. The van der Waals surface area contributed by atoms with Gasteiger partial charge in [-0.1, -0.05) is 0 Å². The molecular weight excluding hydrogens is 537 g/mol. The zero-order valence-corrected chi connectivity index (χ0v) is 21.7. The minimum absolute atomic E-state index is 0.0425. The standard InChI is InChI=1S/C26H27F3N4O5S/c27-17-11-22(21-14-19-15-38-9-7-33(19)24(21)12-17)30-26(35)20-2-1-18(31-39(36,37)10-8-34)13-23(20)32-5-3-16(4-6-32)25(28)29/h1-2,11-14,31,34H,3-10,15H2,(H,30,35). The Morgan fingerprint density at radius 2 is 1.85 bits per heavy atom. The number of ether oxygens (including phenoxy) is 1. The summed E-state index contributed by atoms with van der Waals surface area (Å²) in [6.45, 7) is 1.22.